The highest BCUT2D eigenvalue weighted by Crippen LogP contribution is 2.30. The molecule has 1 unspecified atom stereocenters. The van der Waals surface area contributed by atoms with E-state index in [1.165, 1.54) is 4.90 Å². The maximum atomic E-state index is 13.6. The molecule has 1 atom stereocenters. The fourth-order valence-electron chi connectivity index (χ4n) is 2.25. The molecule has 1 fully saturated rings. The summed E-state index contributed by atoms with van der Waals surface area (Å²) in [7, 11) is 0. The molecule has 104 valence electrons. The van der Waals surface area contributed by atoms with E-state index in [4.69, 9.17) is 4.74 Å². The molecule has 0 aliphatic carbocycles. The number of carbonyl (C=O) groups excluding carboxylic acids is 1. The number of carbonyl (C=O) groups is 1. The van der Waals surface area contributed by atoms with E-state index in [1.54, 1.807) is 6.92 Å². The number of rotatable bonds is 3. The topological polar surface area (TPSA) is 29.5 Å². The van der Waals surface area contributed by atoms with E-state index in [-0.39, 0.29) is 24.8 Å². The summed E-state index contributed by atoms with van der Waals surface area (Å²) in [6.45, 7) is 2.49. The third-order valence-corrected chi connectivity index (χ3v) is 3.11. The summed E-state index contributed by atoms with van der Waals surface area (Å²) < 4.78 is 44.9. The molecule has 3 nitrogen and oxygen atoms in total. The monoisotopic (exact) mass is 273 g/mol. The van der Waals surface area contributed by atoms with Gasteiger partial charge in [0.15, 0.2) is 11.6 Å². The average Bonchev–Trinajstić information content (AvgIpc) is 2.77. The molecule has 19 heavy (non-hydrogen) atoms. The fourth-order valence-corrected chi connectivity index (χ4v) is 2.25. The van der Waals surface area contributed by atoms with Crippen LogP contribution in [0.5, 0.6) is 0 Å². The predicted molar refractivity (Wildman–Crippen MR) is 63.3 cm³/mol. The minimum Gasteiger partial charge on any atom is -0.466 e. The van der Waals surface area contributed by atoms with E-state index >= 15 is 0 Å². The normalized spacial score (nSPS) is 18.7. The second-order valence-corrected chi connectivity index (χ2v) is 4.40. The lowest BCUT2D eigenvalue weighted by atomic mass is 10.1. The molecule has 1 aromatic rings. The molecule has 0 N–H and O–H groups in total. The van der Waals surface area contributed by atoms with Crippen molar-refractivity contribution in [2.45, 2.75) is 13.3 Å². The van der Waals surface area contributed by atoms with Crippen molar-refractivity contribution in [3.05, 3.63) is 29.6 Å². The summed E-state index contributed by atoms with van der Waals surface area (Å²) in [5.41, 5.74) is -0.284. The highest BCUT2D eigenvalue weighted by molar-refractivity contribution is 5.74. The van der Waals surface area contributed by atoms with Gasteiger partial charge in [-0.25, -0.2) is 13.2 Å². The lowest BCUT2D eigenvalue weighted by Gasteiger charge is -2.19. The number of benzene rings is 1. The van der Waals surface area contributed by atoms with E-state index in [0.29, 0.717) is 25.1 Å². The van der Waals surface area contributed by atoms with Crippen LogP contribution in [-0.4, -0.2) is 25.7 Å². The Morgan fingerprint density at radius 1 is 1.37 bits per heavy atom. The van der Waals surface area contributed by atoms with Gasteiger partial charge in [-0.15, -0.1) is 0 Å². The molecule has 0 amide bonds. The van der Waals surface area contributed by atoms with Crippen LogP contribution in [0.25, 0.3) is 0 Å². The SMILES string of the molecule is CCOC(=O)C1CCN(c2c(F)cc(F)cc2F)C1. The van der Waals surface area contributed by atoms with Crippen LogP contribution >= 0.6 is 0 Å². The Hall–Kier alpha value is -1.72. The summed E-state index contributed by atoms with van der Waals surface area (Å²) in [4.78, 5) is 13.0. The summed E-state index contributed by atoms with van der Waals surface area (Å²) in [5.74, 6) is -3.64. The largest absolute Gasteiger partial charge is 0.466 e. The number of ether oxygens (including phenoxy) is 1. The summed E-state index contributed by atoms with van der Waals surface area (Å²) in [6.07, 6.45) is 0.467. The molecule has 1 heterocycles. The Morgan fingerprint density at radius 3 is 2.58 bits per heavy atom. The average molecular weight is 273 g/mol. The molecule has 1 aliphatic rings. The van der Waals surface area contributed by atoms with E-state index in [1.807, 2.05) is 0 Å². The first-order chi connectivity index (χ1) is 9.02. The van der Waals surface area contributed by atoms with Crippen molar-refractivity contribution < 1.29 is 22.7 Å². The summed E-state index contributed by atoms with van der Waals surface area (Å²) in [5, 5.41) is 0. The number of nitrogens with zero attached hydrogens (tertiary/aromatic N) is 1. The number of hydrogen-bond donors (Lipinski definition) is 0. The second kappa shape index (κ2) is 5.50. The summed E-state index contributed by atoms with van der Waals surface area (Å²) >= 11 is 0. The van der Waals surface area contributed by atoms with Crippen molar-refractivity contribution in [3.63, 3.8) is 0 Å². The smallest absolute Gasteiger partial charge is 0.310 e. The van der Waals surface area contributed by atoms with E-state index < -0.39 is 23.4 Å². The number of halogens is 3. The van der Waals surface area contributed by atoms with Gasteiger partial charge >= 0.3 is 5.97 Å². The van der Waals surface area contributed by atoms with Gasteiger partial charge in [-0.05, 0) is 13.3 Å². The zero-order valence-electron chi connectivity index (χ0n) is 10.5. The van der Waals surface area contributed by atoms with Crippen LogP contribution in [0.3, 0.4) is 0 Å². The van der Waals surface area contributed by atoms with Gasteiger partial charge in [0.25, 0.3) is 0 Å². The first kappa shape index (κ1) is 13.7. The molecule has 1 saturated heterocycles. The Morgan fingerprint density at radius 2 is 2.00 bits per heavy atom. The molecule has 0 spiro atoms. The highest BCUT2D eigenvalue weighted by atomic mass is 19.1. The Labute approximate surface area is 109 Å². The van der Waals surface area contributed by atoms with Crippen molar-refractivity contribution in [1.29, 1.82) is 0 Å². The van der Waals surface area contributed by atoms with Crippen molar-refractivity contribution >= 4 is 11.7 Å². The van der Waals surface area contributed by atoms with Gasteiger partial charge in [0.1, 0.15) is 11.5 Å². The molecule has 1 aromatic carbocycles. The lowest BCUT2D eigenvalue weighted by Crippen LogP contribution is -2.25. The maximum absolute atomic E-state index is 13.6. The molecule has 6 heteroatoms. The fraction of sp³-hybridized carbons (Fsp3) is 0.462. The van der Waals surface area contributed by atoms with Gasteiger partial charge in [0.05, 0.1) is 12.5 Å². The van der Waals surface area contributed by atoms with Crippen LogP contribution in [0.15, 0.2) is 12.1 Å². The molecule has 0 bridgehead atoms. The molecule has 1 aliphatic heterocycles. The van der Waals surface area contributed by atoms with Crippen LogP contribution in [0.2, 0.25) is 0 Å². The van der Waals surface area contributed by atoms with Gasteiger partial charge < -0.3 is 9.64 Å². The third kappa shape index (κ3) is 2.83. The van der Waals surface area contributed by atoms with Crippen molar-refractivity contribution in [1.82, 2.24) is 0 Å². The van der Waals surface area contributed by atoms with E-state index in [2.05, 4.69) is 0 Å². The van der Waals surface area contributed by atoms with Gasteiger partial charge in [-0.1, -0.05) is 0 Å². The highest BCUT2D eigenvalue weighted by Gasteiger charge is 2.32. The van der Waals surface area contributed by atoms with Crippen molar-refractivity contribution in [3.8, 4) is 0 Å². The van der Waals surface area contributed by atoms with Crippen LogP contribution in [-0.2, 0) is 9.53 Å². The molecular formula is C13H14F3NO2. The first-order valence-electron chi connectivity index (χ1n) is 6.09. The molecule has 0 aromatic heterocycles. The Bertz CT molecular complexity index is 470. The van der Waals surface area contributed by atoms with E-state index in [0.717, 1.165) is 0 Å². The lowest BCUT2D eigenvalue weighted by molar-refractivity contribution is -0.147. The molecule has 0 saturated carbocycles. The van der Waals surface area contributed by atoms with Crippen LogP contribution < -0.4 is 4.90 Å². The predicted octanol–water partition coefficient (Wildman–Crippen LogP) is 2.49. The number of esters is 1. The second-order valence-electron chi connectivity index (χ2n) is 4.40. The van der Waals surface area contributed by atoms with Gasteiger partial charge in [0.2, 0.25) is 0 Å². The van der Waals surface area contributed by atoms with Crippen LogP contribution in [0, 0.1) is 23.4 Å². The molecule has 2 rings (SSSR count). The van der Waals surface area contributed by atoms with Crippen LogP contribution in [0.4, 0.5) is 18.9 Å². The maximum Gasteiger partial charge on any atom is 0.310 e. The standard InChI is InChI=1S/C13H14F3NO2/c1-2-19-13(18)8-3-4-17(7-8)12-10(15)5-9(14)6-11(12)16/h5-6,8H,2-4,7H2,1H3. The quantitative estimate of drug-likeness (QED) is 0.792. The number of hydrogen-bond acceptors (Lipinski definition) is 3. The van der Waals surface area contributed by atoms with Gasteiger partial charge in [0, 0.05) is 25.2 Å². The minimum atomic E-state index is -0.958. The Kier molecular flexibility index (Phi) is 3.97. The minimum absolute atomic E-state index is 0.179. The van der Waals surface area contributed by atoms with Gasteiger partial charge in [-0.3, -0.25) is 4.79 Å². The molecular weight excluding hydrogens is 259 g/mol. The van der Waals surface area contributed by atoms with E-state index in [9.17, 15) is 18.0 Å². The number of anilines is 1. The first-order valence-corrected chi connectivity index (χ1v) is 6.09. The zero-order valence-corrected chi connectivity index (χ0v) is 10.5. The molecule has 0 radical (unpaired) electrons. The van der Waals surface area contributed by atoms with Crippen molar-refractivity contribution in [2.24, 2.45) is 5.92 Å². The third-order valence-electron chi connectivity index (χ3n) is 3.11. The van der Waals surface area contributed by atoms with Crippen LogP contribution in [0.1, 0.15) is 13.3 Å². The Balaban J connectivity index is 2.15. The summed E-state index contributed by atoms with van der Waals surface area (Å²) in [6, 6.07) is 1.27. The van der Waals surface area contributed by atoms with Crippen molar-refractivity contribution in [2.75, 3.05) is 24.6 Å². The zero-order chi connectivity index (χ0) is 14.0. The van der Waals surface area contributed by atoms with Gasteiger partial charge in [-0.2, -0.15) is 0 Å².